The van der Waals surface area contributed by atoms with Crippen LogP contribution >= 0.6 is 11.6 Å². The maximum Gasteiger partial charge on any atom is 0.256 e. The zero-order valence-corrected chi connectivity index (χ0v) is 16.7. The average molecular weight is 424 g/mol. The summed E-state index contributed by atoms with van der Waals surface area (Å²) in [5.74, 6) is -1.49. The van der Waals surface area contributed by atoms with Crippen molar-refractivity contribution in [3.63, 3.8) is 0 Å². The van der Waals surface area contributed by atoms with E-state index in [9.17, 15) is 14.0 Å². The number of benzene rings is 2. The summed E-state index contributed by atoms with van der Waals surface area (Å²) in [5.41, 5.74) is 7.78. The molecule has 0 bridgehead atoms. The molecule has 1 aromatic heterocycles. The zero-order chi connectivity index (χ0) is 21.3. The fraction of sp³-hybridized carbons (Fsp3) is 0.174. The lowest BCUT2D eigenvalue weighted by atomic mass is 9.98. The van der Waals surface area contributed by atoms with E-state index in [1.54, 1.807) is 48.7 Å². The van der Waals surface area contributed by atoms with E-state index in [0.717, 1.165) is 0 Å². The molecule has 2 amide bonds. The van der Waals surface area contributed by atoms with Gasteiger partial charge in [0, 0.05) is 17.4 Å². The number of fused-ring (bicyclic) bond motifs is 1. The van der Waals surface area contributed by atoms with Crippen molar-refractivity contribution < 1.29 is 14.0 Å². The second-order valence-corrected chi connectivity index (χ2v) is 7.62. The van der Waals surface area contributed by atoms with Gasteiger partial charge in [-0.2, -0.15) is 0 Å². The molecule has 0 saturated carbocycles. The van der Waals surface area contributed by atoms with Crippen molar-refractivity contribution in [2.45, 2.75) is 24.9 Å². The monoisotopic (exact) mass is 423 g/mol. The number of aromatic nitrogens is 1. The second-order valence-electron chi connectivity index (χ2n) is 7.18. The Hall–Kier alpha value is -3.25. The Morgan fingerprint density at radius 2 is 1.93 bits per heavy atom. The van der Waals surface area contributed by atoms with Gasteiger partial charge in [-0.1, -0.05) is 41.9 Å². The summed E-state index contributed by atoms with van der Waals surface area (Å²) in [4.78, 5) is 31.6. The molecule has 0 radical (unpaired) electrons. The zero-order valence-electron chi connectivity index (χ0n) is 16.0. The van der Waals surface area contributed by atoms with Crippen LogP contribution in [0.1, 0.15) is 45.6 Å². The second kappa shape index (κ2) is 8.24. The fourth-order valence-electron chi connectivity index (χ4n) is 4.08. The smallest absolute Gasteiger partial charge is 0.256 e. The molecule has 0 spiro atoms. The predicted molar refractivity (Wildman–Crippen MR) is 111 cm³/mol. The highest BCUT2D eigenvalue weighted by Gasteiger charge is 2.40. The summed E-state index contributed by atoms with van der Waals surface area (Å²) >= 11 is 6.11. The molecule has 0 fully saturated rings. The molecule has 4 rings (SSSR count). The Kier molecular flexibility index (Phi) is 5.50. The summed E-state index contributed by atoms with van der Waals surface area (Å²) in [6.45, 7) is 0. The first-order valence-electron chi connectivity index (χ1n) is 9.52. The molecule has 3 aromatic rings. The molecular weight excluding hydrogens is 405 g/mol. The number of hydrogen-bond acceptors (Lipinski definition) is 3. The van der Waals surface area contributed by atoms with Crippen molar-refractivity contribution in [2.24, 2.45) is 5.73 Å². The van der Waals surface area contributed by atoms with Gasteiger partial charge in [0.2, 0.25) is 5.91 Å². The summed E-state index contributed by atoms with van der Waals surface area (Å²) in [7, 11) is 0. The molecule has 2 atom stereocenters. The topological polar surface area (TPSA) is 76.3 Å². The maximum absolute atomic E-state index is 14.5. The van der Waals surface area contributed by atoms with Crippen molar-refractivity contribution >= 4 is 23.4 Å². The molecule has 2 aromatic carbocycles. The normalized spacial score (nSPS) is 16.0. The van der Waals surface area contributed by atoms with Crippen LogP contribution in [0.3, 0.4) is 0 Å². The van der Waals surface area contributed by atoms with Gasteiger partial charge in [0.05, 0.1) is 11.6 Å². The van der Waals surface area contributed by atoms with Crippen LogP contribution in [0.15, 0.2) is 67.0 Å². The van der Waals surface area contributed by atoms with E-state index in [-0.39, 0.29) is 5.02 Å². The minimum absolute atomic E-state index is 0.238. The van der Waals surface area contributed by atoms with E-state index in [0.29, 0.717) is 35.1 Å². The molecule has 1 aliphatic carbocycles. The lowest BCUT2D eigenvalue weighted by molar-refractivity contribution is -0.123. The Morgan fingerprint density at radius 1 is 1.17 bits per heavy atom. The average Bonchev–Trinajstić information content (AvgIpc) is 3.16. The van der Waals surface area contributed by atoms with Gasteiger partial charge in [-0.25, -0.2) is 4.39 Å². The van der Waals surface area contributed by atoms with E-state index < -0.39 is 29.7 Å². The molecular formula is C23H19ClFN3O2. The minimum atomic E-state index is -1.03. The highest BCUT2D eigenvalue weighted by atomic mass is 35.5. The fourth-order valence-corrected chi connectivity index (χ4v) is 4.30. The molecule has 1 heterocycles. The molecule has 2 N–H and O–H groups in total. The van der Waals surface area contributed by atoms with E-state index in [4.69, 9.17) is 17.3 Å². The first kappa shape index (κ1) is 20.0. The lowest BCUT2D eigenvalue weighted by Crippen LogP contribution is -2.43. The van der Waals surface area contributed by atoms with Crippen molar-refractivity contribution in [2.75, 3.05) is 0 Å². The van der Waals surface area contributed by atoms with E-state index in [1.807, 2.05) is 6.07 Å². The highest BCUT2D eigenvalue weighted by molar-refractivity contribution is 6.30. The molecule has 0 saturated heterocycles. The van der Waals surface area contributed by atoms with Gasteiger partial charge in [-0.3, -0.25) is 14.6 Å². The molecule has 30 heavy (non-hydrogen) atoms. The van der Waals surface area contributed by atoms with Crippen molar-refractivity contribution in [1.82, 2.24) is 9.88 Å². The number of amides is 2. The molecule has 7 heteroatoms. The number of halogens is 2. The molecule has 1 aliphatic rings. The van der Waals surface area contributed by atoms with E-state index >= 15 is 0 Å². The Bertz CT molecular complexity index is 1090. The van der Waals surface area contributed by atoms with Crippen molar-refractivity contribution in [3.05, 3.63) is 100 Å². The van der Waals surface area contributed by atoms with Crippen molar-refractivity contribution in [1.29, 1.82) is 0 Å². The summed E-state index contributed by atoms with van der Waals surface area (Å²) < 4.78 is 14.5. The Morgan fingerprint density at radius 3 is 2.60 bits per heavy atom. The van der Waals surface area contributed by atoms with Gasteiger partial charge in [-0.05, 0) is 53.8 Å². The summed E-state index contributed by atoms with van der Waals surface area (Å²) in [6, 6.07) is 13.5. The first-order chi connectivity index (χ1) is 14.5. The highest BCUT2D eigenvalue weighted by Crippen LogP contribution is 2.43. The van der Waals surface area contributed by atoms with Crippen LogP contribution in [0.5, 0.6) is 0 Å². The third-order valence-electron chi connectivity index (χ3n) is 5.36. The van der Waals surface area contributed by atoms with Gasteiger partial charge < -0.3 is 10.6 Å². The standard InChI is InChI=1S/C23H19ClFN3O2/c24-16-11-18-17(19(25)12-16)8-9-20(18)28(23(30)15-7-4-10-27-13-15)21(22(26)29)14-5-2-1-3-6-14/h1-7,10-13,20-21H,8-9H2,(H2,26,29)/t20-,21+/m1/s1. The van der Waals surface area contributed by atoms with Gasteiger partial charge in [0.25, 0.3) is 5.91 Å². The number of carbonyl (C=O) groups is 2. The first-order valence-corrected chi connectivity index (χ1v) is 9.90. The predicted octanol–water partition coefficient (Wildman–Crippen LogP) is 4.23. The van der Waals surface area contributed by atoms with Crippen LogP contribution in [0, 0.1) is 5.82 Å². The summed E-state index contributed by atoms with van der Waals surface area (Å²) in [5, 5.41) is 0.238. The van der Waals surface area contributed by atoms with Crippen LogP contribution in [0.4, 0.5) is 4.39 Å². The van der Waals surface area contributed by atoms with Crippen LogP contribution < -0.4 is 5.73 Å². The van der Waals surface area contributed by atoms with Gasteiger partial charge in [0.15, 0.2) is 0 Å². The largest absolute Gasteiger partial charge is 0.368 e. The Balaban J connectivity index is 1.88. The quantitative estimate of drug-likeness (QED) is 0.667. The number of primary amides is 1. The van der Waals surface area contributed by atoms with Gasteiger partial charge >= 0.3 is 0 Å². The van der Waals surface area contributed by atoms with Crippen molar-refractivity contribution in [3.8, 4) is 0 Å². The molecule has 5 nitrogen and oxygen atoms in total. The number of pyridine rings is 1. The summed E-state index contributed by atoms with van der Waals surface area (Å²) in [6.07, 6.45) is 3.88. The molecule has 152 valence electrons. The number of rotatable bonds is 5. The van der Waals surface area contributed by atoms with Gasteiger partial charge in [0.1, 0.15) is 11.9 Å². The third-order valence-corrected chi connectivity index (χ3v) is 5.58. The van der Waals surface area contributed by atoms with Crippen LogP contribution in [-0.4, -0.2) is 21.7 Å². The maximum atomic E-state index is 14.5. The van der Waals surface area contributed by atoms with Crippen LogP contribution in [-0.2, 0) is 11.2 Å². The Labute approximate surface area is 178 Å². The van der Waals surface area contributed by atoms with Gasteiger partial charge in [-0.15, -0.1) is 0 Å². The van der Waals surface area contributed by atoms with Crippen LogP contribution in [0.2, 0.25) is 5.02 Å². The number of carbonyl (C=O) groups excluding carboxylic acids is 2. The minimum Gasteiger partial charge on any atom is -0.368 e. The SMILES string of the molecule is NC(=O)[C@H](c1ccccc1)N(C(=O)c1cccnc1)[C@@H]1CCc2c(F)cc(Cl)cc21. The van der Waals surface area contributed by atoms with Crippen LogP contribution in [0.25, 0.3) is 0 Å². The molecule has 0 aliphatic heterocycles. The van der Waals surface area contributed by atoms with E-state index in [2.05, 4.69) is 4.98 Å². The molecule has 0 unspecified atom stereocenters. The lowest BCUT2D eigenvalue weighted by Gasteiger charge is -2.35. The number of hydrogen-bond donors (Lipinski definition) is 1. The number of nitrogens with two attached hydrogens (primary N) is 1. The van der Waals surface area contributed by atoms with E-state index in [1.165, 1.54) is 17.2 Å². The third kappa shape index (κ3) is 3.66. The number of nitrogens with zero attached hydrogens (tertiary/aromatic N) is 2.